The summed E-state index contributed by atoms with van der Waals surface area (Å²) >= 11 is 0. The molecule has 2 fully saturated rings. The lowest BCUT2D eigenvalue weighted by molar-refractivity contribution is -0.140. The van der Waals surface area contributed by atoms with Gasteiger partial charge in [-0.3, -0.25) is 72.4 Å². The van der Waals surface area contributed by atoms with Crippen LogP contribution in [0.1, 0.15) is 71.4 Å². The van der Waals surface area contributed by atoms with Gasteiger partial charge in [-0.25, -0.2) is 4.98 Å². The summed E-state index contributed by atoms with van der Waals surface area (Å²) in [4.78, 5) is 129. The number of hydrogen-bond donors (Lipinski definition) is 8. The number of ether oxygens (including phenoxy) is 1. The maximum atomic E-state index is 13.6. The van der Waals surface area contributed by atoms with Crippen LogP contribution in [0.15, 0.2) is 55.0 Å². The predicted molar refractivity (Wildman–Crippen MR) is 300 cm³/mol. The van der Waals surface area contributed by atoms with Crippen LogP contribution in [0.25, 0.3) is 10.9 Å². The lowest BCUT2D eigenvalue weighted by atomic mass is 10.1. The molecule has 0 bridgehead atoms. The van der Waals surface area contributed by atoms with Crippen molar-refractivity contribution in [1.82, 2.24) is 76.0 Å². The van der Waals surface area contributed by atoms with Crippen molar-refractivity contribution in [3.8, 4) is 11.8 Å². The van der Waals surface area contributed by atoms with Crippen LogP contribution in [-0.4, -0.2) is 248 Å². The lowest BCUT2D eigenvalue weighted by Crippen LogP contribution is -2.50. The molecular formula is C55H73FN16O13. The summed E-state index contributed by atoms with van der Waals surface area (Å²) in [6.07, 6.45) is 7.70. The summed E-state index contributed by atoms with van der Waals surface area (Å²) in [6.45, 7) is 1.96. The number of aryl methyl sites for hydroxylation is 2. The molecule has 0 saturated carbocycles. The number of carboxylic acid groups (broad SMARTS) is 3. The maximum absolute atomic E-state index is 13.6. The van der Waals surface area contributed by atoms with E-state index >= 15 is 0 Å². The zero-order valence-corrected chi connectivity index (χ0v) is 47.2. The highest BCUT2D eigenvalue weighted by molar-refractivity contribution is 6.07. The molecule has 0 aliphatic carbocycles. The Hall–Kier alpha value is -8.79. The minimum Gasteiger partial charge on any atom is -0.494 e. The zero-order chi connectivity index (χ0) is 61.1. The van der Waals surface area contributed by atoms with Crippen molar-refractivity contribution in [3.05, 3.63) is 77.8 Å². The molecule has 1 aromatic carbocycles. The van der Waals surface area contributed by atoms with E-state index < -0.39 is 59.6 Å². The van der Waals surface area contributed by atoms with E-state index in [2.05, 4.69) is 52.9 Å². The lowest BCUT2D eigenvalue weighted by Gasteiger charge is -2.32. The third-order valence-corrected chi connectivity index (χ3v) is 14.0. The Balaban J connectivity index is 0.906. The molecule has 3 aromatic heterocycles. The number of rotatable bonds is 30. The topological polar surface area (TPSA) is 380 Å². The third-order valence-electron chi connectivity index (χ3n) is 14.0. The van der Waals surface area contributed by atoms with Gasteiger partial charge in [-0.1, -0.05) is 5.21 Å². The minimum atomic E-state index is -1.08. The summed E-state index contributed by atoms with van der Waals surface area (Å²) in [5, 5.41) is 60.4. The summed E-state index contributed by atoms with van der Waals surface area (Å²) in [7, 11) is 0. The van der Waals surface area contributed by atoms with Gasteiger partial charge in [0.15, 0.2) is 0 Å². The van der Waals surface area contributed by atoms with Crippen LogP contribution in [0.5, 0.6) is 5.75 Å². The van der Waals surface area contributed by atoms with Crippen molar-refractivity contribution in [1.29, 1.82) is 5.26 Å². The molecule has 8 N–H and O–H groups in total. The van der Waals surface area contributed by atoms with Crippen molar-refractivity contribution >= 4 is 64.3 Å². The van der Waals surface area contributed by atoms with E-state index in [0.717, 1.165) is 18.7 Å². The highest BCUT2D eigenvalue weighted by Crippen LogP contribution is 2.23. The standard InChI is InChI=1S/C55H73FN16O13/c56-46-11-7-38(31-62-46)53(82)64-45(55(84)61-17-16-60-48(74)34-67-20-22-68(35-50(76)77)24-26-70(37-52(80)81)27-25-69(23-21-67)36-51(78)79)6-1-2-18-71-33-39(65-66-71)8-12-47(73)59-14-4-28-85-41-9-10-44-43(29-41)42(13-15-58-44)54(83)63-32-49(75)72-19-3-5-40(72)30-57/h7,9-11,13,15,29,31,33,40,45H,1-6,8,12,14,16-28,32,34-37H2,(H,59,73)(H,60,74)(H,61,84)(H,63,83)(H,64,82)(H,76,77)(H,78,79)(H,80,81)/t40?,45-/m0/s1. The number of hydrogen-bond acceptors (Lipinski definition) is 19. The van der Waals surface area contributed by atoms with Crippen LogP contribution in [0.3, 0.4) is 0 Å². The highest BCUT2D eigenvalue weighted by atomic mass is 19.1. The van der Waals surface area contributed by atoms with Crippen molar-refractivity contribution in [3.63, 3.8) is 0 Å². The molecule has 458 valence electrons. The Labute approximate surface area is 489 Å². The second-order valence-electron chi connectivity index (χ2n) is 20.4. The first-order valence-electron chi connectivity index (χ1n) is 28.1. The number of nitrogens with zero attached hydrogens (tertiary/aromatic N) is 11. The van der Waals surface area contributed by atoms with Crippen LogP contribution in [0.2, 0.25) is 0 Å². The van der Waals surface area contributed by atoms with Crippen molar-refractivity contribution in [2.24, 2.45) is 0 Å². The Morgan fingerprint density at radius 1 is 0.718 bits per heavy atom. The van der Waals surface area contributed by atoms with E-state index in [1.165, 1.54) is 17.2 Å². The number of unbranched alkanes of at least 4 members (excludes halogenated alkanes) is 1. The average Bonchev–Trinajstić information content (AvgIpc) is 3.89. The number of nitrogens with one attached hydrogen (secondary N) is 5. The number of carbonyl (C=O) groups excluding carboxylic acids is 6. The first kappa shape index (κ1) is 65.4. The number of amides is 6. The molecule has 85 heavy (non-hydrogen) atoms. The number of nitriles is 1. The Morgan fingerprint density at radius 2 is 1.36 bits per heavy atom. The molecule has 2 atom stereocenters. The van der Waals surface area contributed by atoms with Gasteiger partial charge in [0.25, 0.3) is 11.8 Å². The first-order valence-corrected chi connectivity index (χ1v) is 28.1. The molecule has 0 radical (unpaired) electrons. The number of benzene rings is 1. The fourth-order valence-electron chi connectivity index (χ4n) is 9.55. The fraction of sp³-hybridized carbons (Fsp3) is 0.527. The maximum Gasteiger partial charge on any atom is 0.317 e. The number of halogens is 1. The van der Waals surface area contributed by atoms with Crippen molar-refractivity contribution in [2.45, 2.75) is 70.0 Å². The summed E-state index contributed by atoms with van der Waals surface area (Å²) < 4.78 is 21.1. The van der Waals surface area contributed by atoms with Gasteiger partial charge in [0, 0.05) is 122 Å². The molecule has 0 spiro atoms. The first-order chi connectivity index (χ1) is 40.9. The smallest absolute Gasteiger partial charge is 0.317 e. The average molecular weight is 1190 g/mol. The Morgan fingerprint density at radius 3 is 2.00 bits per heavy atom. The van der Waals surface area contributed by atoms with Crippen LogP contribution in [0, 0.1) is 17.3 Å². The minimum absolute atomic E-state index is 0.00103. The highest BCUT2D eigenvalue weighted by Gasteiger charge is 2.29. The summed E-state index contributed by atoms with van der Waals surface area (Å²) in [5.41, 5.74) is 1.49. The van der Waals surface area contributed by atoms with E-state index in [1.807, 2.05) is 0 Å². The molecule has 29 nitrogen and oxygen atoms in total. The van der Waals surface area contributed by atoms with E-state index in [0.29, 0.717) is 79.6 Å². The SMILES string of the molecule is N#CC1CCCN1C(=O)CNC(=O)c1ccnc2ccc(OCCCNC(=O)CCc3cn(CCCC[C@H](NC(=O)c4ccc(F)nc4)C(=O)NCCNC(=O)CN4CCN(CC(=O)O)CCN(CC(=O)O)CCN(CC(=O)O)CC4)nn3)cc12. The number of carboxylic acids is 3. The van der Waals surface area contributed by atoms with Crippen LogP contribution < -0.4 is 31.3 Å². The number of likely N-dealkylation sites (tertiary alicyclic amines) is 1. The van der Waals surface area contributed by atoms with Gasteiger partial charge in [0.05, 0.1) is 67.7 Å². The number of carbonyl (C=O) groups is 9. The molecular weight excluding hydrogens is 1110 g/mol. The third kappa shape index (κ3) is 22.7. The normalized spacial score (nSPS) is 16.0. The molecule has 6 amide bonds. The van der Waals surface area contributed by atoms with E-state index in [9.17, 15) is 68.1 Å². The van der Waals surface area contributed by atoms with Gasteiger partial charge in [0.2, 0.25) is 29.6 Å². The summed E-state index contributed by atoms with van der Waals surface area (Å²) in [6, 6.07) is 9.54. The number of pyridine rings is 2. The van der Waals surface area contributed by atoms with Crippen molar-refractivity contribution < 1.29 is 67.6 Å². The van der Waals surface area contributed by atoms with Crippen LogP contribution >= 0.6 is 0 Å². The van der Waals surface area contributed by atoms with E-state index in [4.69, 9.17) is 4.74 Å². The number of aliphatic carboxylic acids is 3. The molecule has 2 aliphatic heterocycles. The molecule has 2 aliphatic rings. The van der Waals surface area contributed by atoms with Gasteiger partial charge >= 0.3 is 17.9 Å². The van der Waals surface area contributed by atoms with Crippen LogP contribution in [-0.2, 0) is 46.5 Å². The molecule has 6 rings (SSSR count). The molecule has 4 aromatic rings. The number of aromatic nitrogens is 5. The largest absolute Gasteiger partial charge is 0.494 e. The van der Waals surface area contributed by atoms with Crippen LogP contribution in [0.4, 0.5) is 4.39 Å². The van der Waals surface area contributed by atoms with Gasteiger partial charge in [-0.15, -0.1) is 5.10 Å². The van der Waals surface area contributed by atoms with Gasteiger partial charge in [-0.2, -0.15) is 9.65 Å². The van der Waals surface area contributed by atoms with E-state index in [-0.39, 0.29) is 135 Å². The fourth-order valence-corrected chi connectivity index (χ4v) is 9.55. The monoisotopic (exact) mass is 1180 g/mol. The Bertz CT molecular complexity index is 2950. The Kier molecular flexibility index (Phi) is 26.2. The van der Waals surface area contributed by atoms with Gasteiger partial charge in [-0.05, 0) is 74.9 Å². The quantitative estimate of drug-likeness (QED) is 0.0224. The van der Waals surface area contributed by atoms with Gasteiger partial charge in [0.1, 0.15) is 17.8 Å². The summed E-state index contributed by atoms with van der Waals surface area (Å²) in [5.74, 6) is -6.14. The zero-order valence-electron chi connectivity index (χ0n) is 47.2. The molecule has 5 heterocycles. The molecule has 1 unspecified atom stereocenters. The van der Waals surface area contributed by atoms with Gasteiger partial charge < -0.3 is 51.5 Å². The second-order valence-corrected chi connectivity index (χ2v) is 20.4. The molecule has 30 heteroatoms. The number of fused-ring (bicyclic) bond motifs is 1. The van der Waals surface area contributed by atoms with E-state index in [1.54, 1.807) is 54.7 Å². The second kappa shape index (κ2) is 34.1. The molecule has 2 saturated heterocycles. The van der Waals surface area contributed by atoms with Crippen molar-refractivity contribution in [2.75, 3.05) is 118 Å². The predicted octanol–water partition coefficient (Wildman–Crippen LogP) is -1.20.